The lowest BCUT2D eigenvalue weighted by Gasteiger charge is -2.40. The molecule has 5 nitrogen and oxygen atoms in total. The number of anilines is 1. The average Bonchev–Trinajstić information content (AvgIpc) is 2.46. The molecule has 1 aliphatic carbocycles. The Morgan fingerprint density at radius 1 is 1.33 bits per heavy atom. The lowest BCUT2D eigenvalue weighted by Crippen LogP contribution is -2.42. The van der Waals surface area contributed by atoms with E-state index in [9.17, 15) is 4.79 Å². The second-order valence-electron chi connectivity index (χ2n) is 5.70. The molecule has 0 amide bonds. The molecule has 0 atom stereocenters. The molecule has 1 fully saturated rings. The summed E-state index contributed by atoms with van der Waals surface area (Å²) in [4.78, 5) is 12.1. The molecule has 1 saturated carbocycles. The van der Waals surface area contributed by atoms with Crippen LogP contribution < -0.4 is 5.32 Å². The van der Waals surface area contributed by atoms with Gasteiger partial charge in [0.05, 0.1) is 17.8 Å². The molecule has 1 N–H and O–H groups in total. The molecule has 0 spiro atoms. The zero-order valence-electron chi connectivity index (χ0n) is 12.3. The Bertz CT molecular complexity index is 680. The van der Waals surface area contributed by atoms with Crippen molar-refractivity contribution in [3.8, 4) is 0 Å². The average molecular weight is 285 g/mol. The summed E-state index contributed by atoms with van der Waals surface area (Å²) in [5, 5.41) is 12.6. The summed E-state index contributed by atoms with van der Waals surface area (Å²) in [5.41, 5.74) is 1.80. The van der Waals surface area contributed by atoms with Crippen molar-refractivity contribution in [1.82, 2.24) is 10.2 Å². The normalized spacial score (nSPS) is 16.3. The van der Waals surface area contributed by atoms with Crippen molar-refractivity contribution in [2.24, 2.45) is 0 Å². The van der Waals surface area contributed by atoms with Gasteiger partial charge in [0.15, 0.2) is 5.69 Å². The van der Waals surface area contributed by atoms with Gasteiger partial charge in [-0.2, -0.15) is 0 Å². The predicted molar refractivity (Wildman–Crippen MR) is 81.4 cm³/mol. The smallest absolute Gasteiger partial charge is 0.361 e. The number of hydrogen-bond acceptors (Lipinski definition) is 5. The Morgan fingerprint density at radius 2 is 2.10 bits per heavy atom. The van der Waals surface area contributed by atoms with Crippen LogP contribution in [0, 0.1) is 0 Å². The maximum Gasteiger partial charge on any atom is 0.361 e. The number of benzene rings is 1. The van der Waals surface area contributed by atoms with Crippen LogP contribution in [0.2, 0.25) is 0 Å². The fourth-order valence-corrected chi connectivity index (χ4v) is 2.66. The summed E-state index contributed by atoms with van der Waals surface area (Å²) < 4.78 is 5.10. The van der Waals surface area contributed by atoms with Crippen LogP contribution in [0.1, 0.15) is 43.6 Å². The lowest BCUT2D eigenvalue weighted by molar-refractivity contribution is 0.0519. The summed E-state index contributed by atoms with van der Waals surface area (Å²) in [6.45, 7) is 4.28. The fourth-order valence-electron chi connectivity index (χ4n) is 2.66. The number of hydrogen-bond donors (Lipinski definition) is 1. The quantitative estimate of drug-likeness (QED) is 0.874. The van der Waals surface area contributed by atoms with Gasteiger partial charge >= 0.3 is 5.97 Å². The van der Waals surface area contributed by atoms with Crippen molar-refractivity contribution in [1.29, 1.82) is 0 Å². The summed E-state index contributed by atoms with van der Waals surface area (Å²) in [6.07, 6.45) is 3.38. The number of rotatable bonds is 4. The predicted octanol–water partition coefficient (Wildman–Crippen LogP) is 3.16. The summed E-state index contributed by atoms with van der Waals surface area (Å²) >= 11 is 0. The van der Waals surface area contributed by atoms with Crippen LogP contribution in [-0.2, 0) is 4.74 Å². The van der Waals surface area contributed by atoms with Gasteiger partial charge in [-0.3, -0.25) is 0 Å². The molecule has 5 heteroatoms. The molecule has 2 aromatic rings. The molecular formula is C16H19N3O2. The monoisotopic (exact) mass is 285 g/mol. The summed E-state index contributed by atoms with van der Waals surface area (Å²) in [6, 6.07) is 7.70. The lowest BCUT2D eigenvalue weighted by atomic mass is 9.78. The van der Waals surface area contributed by atoms with Crippen molar-refractivity contribution in [2.75, 3.05) is 11.9 Å². The van der Waals surface area contributed by atoms with Gasteiger partial charge in [-0.05, 0) is 39.2 Å². The van der Waals surface area contributed by atoms with E-state index < -0.39 is 5.97 Å². The number of nitrogens with one attached hydrogen (secondary N) is 1. The number of esters is 1. The highest BCUT2D eigenvalue weighted by atomic mass is 16.5. The summed E-state index contributed by atoms with van der Waals surface area (Å²) in [5.74, 6) is -0.429. The molecule has 1 aromatic carbocycles. The van der Waals surface area contributed by atoms with Gasteiger partial charge in [-0.25, -0.2) is 4.79 Å². The number of nitrogens with zero attached hydrogens (tertiary/aromatic N) is 2. The first-order chi connectivity index (χ1) is 10.1. The highest BCUT2D eigenvalue weighted by Crippen LogP contribution is 2.37. The largest absolute Gasteiger partial charge is 0.461 e. The Hall–Kier alpha value is -2.17. The molecule has 0 aliphatic heterocycles. The third-order valence-electron chi connectivity index (χ3n) is 4.02. The van der Waals surface area contributed by atoms with Crippen LogP contribution >= 0.6 is 0 Å². The number of aromatic nitrogens is 2. The Balaban J connectivity index is 2.10. The molecule has 110 valence electrons. The zero-order chi connectivity index (χ0) is 14.9. The minimum atomic E-state index is -0.429. The van der Waals surface area contributed by atoms with Gasteiger partial charge in [0, 0.05) is 10.9 Å². The van der Waals surface area contributed by atoms with Crippen molar-refractivity contribution in [2.45, 2.75) is 38.6 Å². The minimum Gasteiger partial charge on any atom is -0.461 e. The van der Waals surface area contributed by atoms with Gasteiger partial charge in [-0.1, -0.05) is 18.2 Å². The molecule has 3 rings (SSSR count). The molecule has 1 heterocycles. The molecule has 0 bridgehead atoms. The van der Waals surface area contributed by atoms with Crippen molar-refractivity contribution in [3.05, 3.63) is 30.0 Å². The maximum absolute atomic E-state index is 12.1. The Labute approximate surface area is 123 Å². The number of ether oxygens (including phenoxy) is 1. The third kappa shape index (κ3) is 2.55. The van der Waals surface area contributed by atoms with Crippen LogP contribution in [-0.4, -0.2) is 28.3 Å². The first-order valence-electron chi connectivity index (χ1n) is 7.34. The van der Waals surface area contributed by atoms with E-state index in [1.165, 1.54) is 6.42 Å². The molecule has 0 radical (unpaired) electrons. The van der Waals surface area contributed by atoms with Crippen molar-refractivity contribution in [3.63, 3.8) is 0 Å². The van der Waals surface area contributed by atoms with E-state index in [-0.39, 0.29) is 11.2 Å². The number of fused-ring (bicyclic) bond motifs is 1. The van der Waals surface area contributed by atoms with Crippen molar-refractivity contribution >= 4 is 22.6 Å². The van der Waals surface area contributed by atoms with Gasteiger partial charge in [0.25, 0.3) is 0 Å². The highest BCUT2D eigenvalue weighted by molar-refractivity contribution is 6.03. The SMILES string of the molecule is CCOC(=O)c1nnc2ccccc2c1NC1(C)CCC1. The molecule has 21 heavy (non-hydrogen) atoms. The Kier molecular flexibility index (Phi) is 3.49. The molecule has 0 unspecified atom stereocenters. The van der Waals surface area contributed by atoms with Gasteiger partial charge in [0.1, 0.15) is 0 Å². The van der Waals surface area contributed by atoms with E-state index in [1.54, 1.807) is 6.92 Å². The first-order valence-corrected chi connectivity index (χ1v) is 7.34. The van der Waals surface area contributed by atoms with E-state index in [4.69, 9.17) is 4.74 Å². The van der Waals surface area contributed by atoms with Gasteiger partial charge in [0.2, 0.25) is 0 Å². The molecule has 1 aromatic heterocycles. The van der Waals surface area contributed by atoms with E-state index in [1.807, 2.05) is 24.3 Å². The van der Waals surface area contributed by atoms with Crippen LogP contribution in [0.5, 0.6) is 0 Å². The fraction of sp³-hybridized carbons (Fsp3) is 0.438. The van der Waals surface area contributed by atoms with Crippen LogP contribution in [0.4, 0.5) is 5.69 Å². The number of carbonyl (C=O) groups is 1. The standard InChI is InChI=1S/C16H19N3O2/c1-3-21-15(20)14-13(17-16(2)9-6-10-16)11-7-4-5-8-12(11)18-19-14/h4-5,7-8H,3,6,9-10H2,1-2H3,(H,17,18). The van der Waals surface area contributed by atoms with E-state index in [2.05, 4.69) is 22.4 Å². The highest BCUT2D eigenvalue weighted by Gasteiger charge is 2.33. The molecule has 1 aliphatic rings. The topological polar surface area (TPSA) is 64.1 Å². The Morgan fingerprint density at radius 3 is 2.76 bits per heavy atom. The number of carbonyl (C=O) groups excluding carboxylic acids is 1. The van der Waals surface area contributed by atoms with Crippen LogP contribution in [0.25, 0.3) is 10.9 Å². The van der Waals surface area contributed by atoms with E-state index >= 15 is 0 Å². The van der Waals surface area contributed by atoms with Gasteiger partial charge < -0.3 is 10.1 Å². The third-order valence-corrected chi connectivity index (χ3v) is 4.02. The first kappa shape index (κ1) is 13.8. The van der Waals surface area contributed by atoms with E-state index in [0.717, 1.165) is 29.4 Å². The molecule has 0 saturated heterocycles. The minimum absolute atomic E-state index is 0.0209. The van der Waals surface area contributed by atoms with Crippen LogP contribution in [0.3, 0.4) is 0 Å². The van der Waals surface area contributed by atoms with Gasteiger partial charge in [-0.15, -0.1) is 10.2 Å². The maximum atomic E-state index is 12.1. The van der Waals surface area contributed by atoms with Crippen molar-refractivity contribution < 1.29 is 9.53 Å². The van der Waals surface area contributed by atoms with Crippen LogP contribution in [0.15, 0.2) is 24.3 Å². The van der Waals surface area contributed by atoms with E-state index in [0.29, 0.717) is 6.61 Å². The molecular weight excluding hydrogens is 266 g/mol. The second kappa shape index (κ2) is 5.31. The summed E-state index contributed by atoms with van der Waals surface area (Å²) in [7, 11) is 0. The second-order valence-corrected chi connectivity index (χ2v) is 5.70. The zero-order valence-corrected chi connectivity index (χ0v) is 12.3.